The molecule has 0 atom stereocenters. The minimum atomic E-state index is 0.980. The molecule has 0 fully saturated rings. The first kappa shape index (κ1) is 24.9. The van der Waals surface area contributed by atoms with Gasteiger partial charge < -0.3 is 9.13 Å². The van der Waals surface area contributed by atoms with Crippen molar-refractivity contribution in [1.29, 1.82) is 0 Å². The Morgan fingerprint density at radius 3 is 1.70 bits per heavy atom. The van der Waals surface area contributed by atoms with E-state index in [1.807, 2.05) is 0 Å². The summed E-state index contributed by atoms with van der Waals surface area (Å²) in [6.45, 7) is 0. The molecule has 4 heterocycles. The predicted molar refractivity (Wildman–Crippen MR) is 196 cm³/mol. The fourth-order valence-electron chi connectivity index (χ4n) is 8.06. The molecule has 0 aliphatic rings. The van der Waals surface area contributed by atoms with Gasteiger partial charge in [-0.25, -0.2) is 4.98 Å². The van der Waals surface area contributed by atoms with Gasteiger partial charge in [0, 0.05) is 43.7 Å². The summed E-state index contributed by atoms with van der Waals surface area (Å²) < 4.78 is 7.24. The second-order valence-corrected chi connectivity index (χ2v) is 12.4. The third kappa shape index (κ3) is 3.23. The zero-order valence-electron chi connectivity index (χ0n) is 25.3. The summed E-state index contributed by atoms with van der Waals surface area (Å²) in [5, 5.41) is 8.51. The second-order valence-electron chi connectivity index (χ2n) is 12.4. The van der Waals surface area contributed by atoms with Gasteiger partial charge in [-0.15, -0.1) is 0 Å². The minimum absolute atomic E-state index is 0.980. The highest BCUT2D eigenvalue weighted by atomic mass is 15.0. The van der Waals surface area contributed by atoms with Crippen LogP contribution in [0, 0.1) is 0 Å². The van der Waals surface area contributed by atoms with Crippen LogP contribution in [0.2, 0.25) is 0 Å². The lowest BCUT2D eigenvalue weighted by atomic mass is 10.0. The third-order valence-corrected chi connectivity index (χ3v) is 9.97. The molecule has 47 heavy (non-hydrogen) atoms. The molecule has 4 aromatic heterocycles. The number of para-hydroxylation sites is 6. The Morgan fingerprint density at radius 2 is 0.957 bits per heavy atom. The molecule has 0 bridgehead atoms. The van der Waals surface area contributed by atoms with Gasteiger partial charge in [-0.2, -0.15) is 0 Å². The normalized spacial score (nSPS) is 12.3. The van der Waals surface area contributed by atoms with Gasteiger partial charge in [-0.1, -0.05) is 91.0 Å². The maximum atomic E-state index is 5.30. The van der Waals surface area contributed by atoms with Crippen molar-refractivity contribution in [3.05, 3.63) is 158 Å². The van der Waals surface area contributed by atoms with Crippen molar-refractivity contribution in [2.75, 3.05) is 0 Å². The van der Waals surface area contributed by atoms with Crippen LogP contribution in [0.1, 0.15) is 0 Å². The van der Waals surface area contributed by atoms with E-state index in [-0.39, 0.29) is 0 Å². The van der Waals surface area contributed by atoms with Crippen molar-refractivity contribution in [2.24, 2.45) is 0 Å². The van der Waals surface area contributed by atoms with Crippen LogP contribution in [0.4, 0.5) is 0 Å². The zero-order chi connectivity index (χ0) is 30.6. The van der Waals surface area contributed by atoms with Gasteiger partial charge in [0.25, 0.3) is 0 Å². The van der Waals surface area contributed by atoms with Crippen LogP contribution < -0.4 is 0 Å². The summed E-state index contributed by atoms with van der Waals surface area (Å²) in [5.41, 5.74) is 11.3. The van der Waals surface area contributed by atoms with Gasteiger partial charge in [0.15, 0.2) is 0 Å². The van der Waals surface area contributed by atoms with E-state index in [4.69, 9.17) is 4.98 Å². The molecule has 4 heteroatoms. The molecule has 0 unspecified atom stereocenters. The Hall–Kier alpha value is -6.39. The second kappa shape index (κ2) is 9.09. The Kier molecular flexibility index (Phi) is 4.81. The summed E-state index contributed by atoms with van der Waals surface area (Å²) in [7, 11) is 0. The van der Waals surface area contributed by atoms with Crippen LogP contribution in [0.15, 0.2) is 158 Å². The highest BCUT2D eigenvalue weighted by molar-refractivity contribution is 6.29. The Morgan fingerprint density at radius 1 is 0.362 bits per heavy atom. The zero-order valence-corrected chi connectivity index (χ0v) is 25.3. The van der Waals surface area contributed by atoms with E-state index in [1.165, 1.54) is 54.4 Å². The number of nitrogens with zero attached hydrogens (tertiary/aromatic N) is 4. The van der Waals surface area contributed by atoms with E-state index >= 15 is 0 Å². The molecule has 11 aromatic rings. The Balaban J connectivity index is 1.46. The van der Waals surface area contributed by atoms with Gasteiger partial charge in [0.1, 0.15) is 5.65 Å². The predicted octanol–water partition coefficient (Wildman–Crippen LogP) is 11.0. The minimum Gasteiger partial charge on any atom is -0.309 e. The molecule has 0 spiro atoms. The first-order chi connectivity index (χ1) is 23.3. The monoisotopic (exact) mass is 598 g/mol. The molecule has 0 N–H and O–H groups in total. The van der Waals surface area contributed by atoms with E-state index in [0.29, 0.717) is 0 Å². The molecular formula is C43H26N4. The van der Waals surface area contributed by atoms with Crippen molar-refractivity contribution < 1.29 is 0 Å². The maximum absolute atomic E-state index is 5.30. The molecule has 0 aliphatic carbocycles. The molecule has 0 saturated heterocycles. The largest absolute Gasteiger partial charge is 0.309 e. The average molecular weight is 599 g/mol. The number of rotatable bonds is 2. The quantitative estimate of drug-likeness (QED) is 0.182. The summed E-state index contributed by atoms with van der Waals surface area (Å²) in [6.07, 6.45) is 0. The van der Waals surface area contributed by atoms with Gasteiger partial charge in [0.2, 0.25) is 0 Å². The number of hydrogen-bond acceptors (Lipinski definition) is 1. The first-order valence-electron chi connectivity index (χ1n) is 16.1. The van der Waals surface area contributed by atoms with Crippen LogP contribution in [-0.4, -0.2) is 18.5 Å². The van der Waals surface area contributed by atoms with Crippen molar-refractivity contribution in [1.82, 2.24) is 18.5 Å². The lowest BCUT2D eigenvalue weighted by Gasteiger charge is -2.15. The number of aromatic nitrogens is 4. The highest BCUT2D eigenvalue weighted by Crippen LogP contribution is 2.44. The molecule has 0 aliphatic heterocycles. The lowest BCUT2D eigenvalue weighted by molar-refractivity contribution is 1.18. The van der Waals surface area contributed by atoms with E-state index in [9.17, 15) is 0 Å². The summed E-state index contributed by atoms with van der Waals surface area (Å²) >= 11 is 0. The Labute approximate surface area is 268 Å². The number of imidazole rings is 1. The van der Waals surface area contributed by atoms with E-state index < -0.39 is 0 Å². The van der Waals surface area contributed by atoms with Crippen LogP contribution in [0.5, 0.6) is 0 Å². The highest BCUT2D eigenvalue weighted by Gasteiger charge is 2.22. The fourth-order valence-corrected chi connectivity index (χ4v) is 8.06. The van der Waals surface area contributed by atoms with Crippen LogP contribution in [0.25, 0.3) is 93.3 Å². The van der Waals surface area contributed by atoms with Crippen LogP contribution >= 0.6 is 0 Å². The SMILES string of the molecule is c1ccc(-n2c3ccccc3c3cc4c(cc32)c2c3c(ccc2n2c5ccccc5nc42)c2ccccc2n3-c2ccccc2)cc1. The first-order valence-corrected chi connectivity index (χ1v) is 16.1. The van der Waals surface area contributed by atoms with E-state index in [0.717, 1.165) is 39.0 Å². The van der Waals surface area contributed by atoms with Gasteiger partial charge in [0.05, 0.1) is 38.6 Å². The average Bonchev–Trinajstić information content (AvgIpc) is 3.79. The van der Waals surface area contributed by atoms with Gasteiger partial charge >= 0.3 is 0 Å². The molecule has 0 saturated carbocycles. The molecule has 4 nitrogen and oxygen atoms in total. The van der Waals surface area contributed by atoms with Crippen molar-refractivity contribution in [3.63, 3.8) is 0 Å². The smallest absolute Gasteiger partial charge is 0.146 e. The van der Waals surface area contributed by atoms with Crippen molar-refractivity contribution >= 4 is 82.0 Å². The standard InChI is InChI=1S/C43H26N4/c1-3-13-27(14-4-1)45-36-20-10-8-18-30(36)32-25-34-33(26-40(32)45)41-39(47-38-22-12-9-19-35(38)44-43(34)47)24-23-31-29-17-7-11-21-37(29)46(42(31)41)28-15-5-2-6-16-28/h1-26H. The van der Waals surface area contributed by atoms with Crippen molar-refractivity contribution in [2.45, 2.75) is 0 Å². The van der Waals surface area contributed by atoms with E-state index in [2.05, 4.69) is 171 Å². The maximum Gasteiger partial charge on any atom is 0.146 e. The molecular weight excluding hydrogens is 573 g/mol. The lowest BCUT2D eigenvalue weighted by Crippen LogP contribution is -1.98. The van der Waals surface area contributed by atoms with E-state index in [1.54, 1.807) is 0 Å². The Bertz CT molecular complexity index is 3050. The summed E-state index contributed by atoms with van der Waals surface area (Å²) in [4.78, 5) is 5.30. The number of pyridine rings is 1. The molecule has 218 valence electrons. The van der Waals surface area contributed by atoms with Gasteiger partial charge in [-0.05, 0) is 72.1 Å². The number of hydrogen-bond donors (Lipinski definition) is 0. The molecule has 7 aromatic carbocycles. The van der Waals surface area contributed by atoms with Crippen molar-refractivity contribution in [3.8, 4) is 11.4 Å². The summed E-state index contributed by atoms with van der Waals surface area (Å²) in [6, 6.07) is 57.0. The molecule has 0 radical (unpaired) electrons. The molecule has 11 rings (SSSR count). The molecule has 0 amide bonds. The number of benzene rings is 7. The summed E-state index contributed by atoms with van der Waals surface area (Å²) in [5.74, 6) is 0. The number of fused-ring (bicyclic) bond motifs is 15. The van der Waals surface area contributed by atoms with Crippen LogP contribution in [-0.2, 0) is 0 Å². The van der Waals surface area contributed by atoms with Crippen LogP contribution in [0.3, 0.4) is 0 Å². The van der Waals surface area contributed by atoms with Gasteiger partial charge in [-0.3, -0.25) is 4.40 Å². The fraction of sp³-hybridized carbons (Fsp3) is 0. The third-order valence-electron chi connectivity index (χ3n) is 9.97. The topological polar surface area (TPSA) is 27.2 Å².